The number of nitrogens with zero attached hydrogens (tertiary/aromatic N) is 1. The number of benzene rings is 1. The van der Waals surface area contributed by atoms with E-state index < -0.39 is 0 Å². The first-order chi connectivity index (χ1) is 8.83. The van der Waals surface area contributed by atoms with Gasteiger partial charge in [0.25, 0.3) is 0 Å². The van der Waals surface area contributed by atoms with Gasteiger partial charge in [-0.05, 0) is 31.0 Å². The highest BCUT2D eigenvalue weighted by atomic mass is 16.5. The molecule has 1 aliphatic heterocycles. The molecule has 1 amide bonds. The van der Waals surface area contributed by atoms with Gasteiger partial charge in [-0.3, -0.25) is 4.79 Å². The molecule has 0 unspecified atom stereocenters. The van der Waals surface area contributed by atoms with Crippen molar-refractivity contribution in [3.8, 4) is 0 Å². The molecule has 0 bridgehead atoms. The summed E-state index contributed by atoms with van der Waals surface area (Å²) in [4.78, 5) is 13.9. The summed E-state index contributed by atoms with van der Waals surface area (Å²) >= 11 is 0. The molecule has 1 aromatic carbocycles. The molecule has 0 spiro atoms. The molecule has 0 aliphatic carbocycles. The number of carbonyl (C=O) groups excluding carboxylic acids is 1. The summed E-state index contributed by atoms with van der Waals surface area (Å²) < 4.78 is 4.96. The minimum atomic E-state index is 0.150. The quantitative estimate of drug-likeness (QED) is 0.769. The minimum Gasteiger partial charge on any atom is -0.385 e. The van der Waals surface area contributed by atoms with Crippen molar-refractivity contribution >= 4 is 11.6 Å². The van der Waals surface area contributed by atoms with Crippen molar-refractivity contribution in [2.24, 2.45) is 0 Å². The van der Waals surface area contributed by atoms with Crippen LogP contribution in [0.2, 0.25) is 0 Å². The molecule has 0 aromatic heterocycles. The SMILES string of the molecule is COCCCNCC(=O)N1CCc2ccccc21. The van der Waals surface area contributed by atoms with Gasteiger partial charge in [0.2, 0.25) is 5.91 Å². The minimum absolute atomic E-state index is 0.150. The molecular formula is C14H20N2O2. The van der Waals surface area contributed by atoms with Gasteiger partial charge in [0.15, 0.2) is 0 Å². The van der Waals surface area contributed by atoms with Crippen molar-refractivity contribution in [3.05, 3.63) is 29.8 Å². The van der Waals surface area contributed by atoms with E-state index in [9.17, 15) is 4.79 Å². The lowest BCUT2D eigenvalue weighted by molar-refractivity contribution is -0.117. The average Bonchev–Trinajstić information content (AvgIpc) is 2.82. The Hall–Kier alpha value is -1.39. The number of amides is 1. The molecule has 4 nitrogen and oxygen atoms in total. The zero-order chi connectivity index (χ0) is 12.8. The van der Waals surface area contributed by atoms with E-state index in [4.69, 9.17) is 4.74 Å². The van der Waals surface area contributed by atoms with E-state index in [1.54, 1.807) is 7.11 Å². The standard InChI is InChI=1S/C14H20N2O2/c1-18-10-4-8-15-11-14(17)16-9-7-12-5-2-3-6-13(12)16/h2-3,5-6,15H,4,7-11H2,1H3. The number of carbonyl (C=O) groups is 1. The summed E-state index contributed by atoms with van der Waals surface area (Å²) in [6.45, 7) is 2.75. The molecule has 0 saturated heterocycles. The number of para-hydroxylation sites is 1. The predicted octanol–water partition coefficient (Wildman–Crippen LogP) is 1.20. The Morgan fingerprint density at radius 2 is 2.28 bits per heavy atom. The highest BCUT2D eigenvalue weighted by Crippen LogP contribution is 2.27. The topological polar surface area (TPSA) is 41.6 Å². The summed E-state index contributed by atoms with van der Waals surface area (Å²) in [7, 11) is 1.69. The number of hydrogen-bond acceptors (Lipinski definition) is 3. The average molecular weight is 248 g/mol. The maximum atomic E-state index is 12.1. The van der Waals surface area contributed by atoms with Crippen molar-refractivity contribution in [1.82, 2.24) is 5.32 Å². The fraction of sp³-hybridized carbons (Fsp3) is 0.500. The van der Waals surface area contributed by atoms with Gasteiger partial charge in [-0.1, -0.05) is 18.2 Å². The Labute approximate surface area is 108 Å². The molecule has 1 N–H and O–H groups in total. The number of anilines is 1. The molecule has 4 heteroatoms. The van der Waals surface area contributed by atoms with Gasteiger partial charge in [-0.2, -0.15) is 0 Å². The van der Waals surface area contributed by atoms with Gasteiger partial charge in [0.05, 0.1) is 6.54 Å². The lowest BCUT2D eigenvalue weighted by Gasteiger charge is -2.17. The van der Waals surface area contributed by atoms with E-state index in [1.807, 2.05) is 23.1 Å². The highest BCUT2D eigenvalue weighted by molar-refractivity contribution is 5.96. The molecule has 18 heavy (non-hydrogen) atoms. The molecule has 1 aromatic rings. The van der Waals surface area contributed by atoms with E-state index in [0.29, 0.717) is 6.54 Å². The molecule has 1 heterocycles. The Bertz CT molecular complexity index is 407. The van der Waals surface area contributed by atoms with Crippen LogP contribution in [0.15, 0.2) is 24.3 Å². The van der Waals surface area contributed by atoms with E-state index in [2.05, 4.69) is 11.4 Å². The van der Waals surface area contributed by atoms with E-state index >= 15 is 0 Å². The van der Waals surface area contributed by atoms with Gasteiger partial charge in [0.1, 0.15) is 0 Å². The van der Waals surface area contributed by atoms with Crippen LogP contribution in [0.3, 0.4) is 0 Å². The smallest absolute Gasteiger partial charge is 0.240 e. The van der Waals surface area contributed by atoms with Gasteiger partial charge in [0, 0.05) is 25.9 Å². The van der Waals surface area contributed by atoms with Gasteiger partial charge < -0.3 is 15.0 Å². The fourth-order valence-electron chi connectivity index (χ4n) is 2.23. The second kappa shape index (κ2) is 6.52. The van der Waals surface area contributed by atoms with Crippen LogP contribution in [0.1, 0.15) is 12.0 Å². The van der Waals surface area contributed by atoms with Crippen LogP contribution in [-0.4, -0.2) is 39.3 Å². The Morgan fingerprint density at radius 3 is 3.11 bits per heavy atom. The van der Waals surface area contributed by atoms with Gasteiger partial charge in [-0.15, -0.1) is 0 Å². The zero-order valence-electron chi connectivity index (χ0n) is 10.8. The second-order valence-electron chi connectivity index (χ2n) is 4.45. The van der Waals surface area contributed by atoms with Gasteiger partial charge in [-0.25, -0.2) is 0 Å². The summed E-state index contributed by atoms with van der Waals surface area (Å²) in [5.74, 6) is 0.150. The van der Waals surface area contributed by atoms with Crippen LogP contribution in [0, 0.1) is 0 Å². The molecule has 0 saturated carbocycles. The lowest BCUT2D eigenvalue weighted by Crippen LogP contribution is -2.37. The van der Waals surface area contributed by atoms with Crippen LogP contribution >= 0.6 is 0 Å². The first kappa shape index (κ1) is 13.1. The third kappa shape index (κ3) is 3.09. The molecule has 0 fully saturated rings. The van der Waals surface area contributed by atoms with Crippen molar-refractivity contribution in [2.75, 3.05) is 38.3 Å². The van der Waals surface area contributed by atoms with Crippen LogP contribution in [-0.2, 0) is 16.0 Å². The van der Waals surface area contributed by atoms with Crippen molar-refractivity contribution in [3.63, 3.8) is 0 Å². The number of nitrogens with one attached hydrogen (secondary N) is 1. The van der Waals surface area contributed by atoms with Crippen molar-refractivity contribution in [1.29, 1.82) is 0 Å². The first-order valence-electron chi connectivity index (χ1n) is 6.41. The maximum Gasteiger partial charge on any atom is 0.240 e. The molecule has 2 rings (SSSR count). The number of methoxy groups -OCH3 is 1. The summed E-state index contributed by atoms with van der Waals surface area (Å²) in [6, 6.07) is 8.12. The number of hydrogen-bond donors (Lipinski definition) is 1. The first-order valence-corrected chi connectivity index (χ1v) is 6.41. The van der Waals surface area contributed by atoms with Crippen molar-refractivity contribution < 1.29 is 9.53 Å². The lowest BCUT2D eigenvalue weighted by atomic mass is 10.2. The summed E-state index contributed by atoms with van der Waals surface area (Å²) in [5.41, 5.74) is 2.34. The third-order valence-electron chi connectivity index (χ3n) is 3.17. The highest BCUT2D eigenvalue weighted by Gasteiger charge is 2.23. The third-order valence-corrected chi connectivity index (χ3v) is 3.17. The van der Waals surface area contributed by atoms with Gasteiger partial charge >= 0.3 is 0 Å². The normalized spacial score (nSPS) is 13.7. The van der Waals surface area contributed by atoms with E-state index in [1.165, 1.54) is 5.56 Å². The van der Waals surface area contributed by atoms with Crippen LogP contribution < -0.4 is 10.2 Å². The van der Waals surface area contributed by atoms with E-state index in [-0.39, 0.29) is 5.91 Å². The van der Waals surface area contributed by atoms with Crippen LogP contribution in [0.5, 0.6) is 0 Å². The number of rotatable bonds is 6. The Kier molecular flexibility index (Phi) is 4.73. The Morgan fingerprint density at radius 1 is 1.44 bits per heavy atom. The number of ether oxygens (including phenoxy) is 1. The molecule has 0 radical (unpaired) electrons. The van der Waals surface area contributed by atoms with Crippen molar-refractivity contribution in [2.45, 2.75) is 12.8 Å². The molecule has 98 valence electrons. The van der Waals surface area contributed by atoms with Crippen LogP contribution in [0.25, 0.3) is 0 Å². The molecule has 0 atom stereocenters. The largest absolute Gasteiger partial charge is 0.385 e. The monoisotopic (exact) mass is 248 g/mol. The maximum absolute atomic E-state index is 12.1. The molecular weight excluding hydrogens is 228 g/mol. The van der Waals surface area contributed by atoms with Crippen LogP contribution in [0.4, 0.5) is 5.69 Å². The molecule has 1 aliphatic rings. The number of fused-ring (bicyclic) bond motifs is 1. The predicted molar refractivity (Wildman–Crippen MR) is 71.9 cm³/mol. The zero-order valence-corrected chi connectivity index (χ0v) is 10.8. The summed E-state index contributed by atoms with van der Waals surface area (Å²) in [6.07, 6.45) is 1.89. The van der Waals surface area contributed by atoms with E-state index in [0.717, 1.165) is 38.2 Å². The second-order valence-corrected chi connectivity index (χ2v) is 4.45. The Balaban J connectivity index is 1.80. The summed E-state index contributed by atoms with van der Waals surface area (Å²) in [5, 5.41) is 3.16. The fourth-order valence-corrected chi connectivity index (χ4v) is 2.23.